The first-order chi connectivity index (χ1) is 8.13. The summed E-state index contributed by atoms with van der Waals surface area (Å²) in [6.07, 6.45) is 0. The molecule has 0 saturated heterocycles. The van der Waals surface area contributed by atoms with Crippen LogP contribution in [-0.4, -0.2) is 35.8 Å². The largest absolute Gasteiger partial charge is 0.409 e. The molecule has 0 aliphatic rings. The molecule has 0 radical (unpaired) electrons. The number of hydrogen-bond donors (Lipinski definition) is 3. The van der Waals surface area contributed by atoms with E-state index in [2.05, 4.69) is 5.16 Å². The summed E-state index contributed by atoms with van der Waals surface area (Å²) in [5.74, 6) is -0.619. The highest BCUT2D eigenvalue weighted by Crippen LogP contribution is 2.21. The molecule has 1 aromatic carbocycles. The van der Waals surface area contributed by atoms with E-state index < -0.39 is 5.82 Å². The summed E-state index contributed by atoms with van der Waals surface area (Å²) in [6, 6.07) is 4.04. The van der Waals surface area contributed by atoms with Gasteiger partial charge in [-0.25, -0.2) is 4.39 Å². The van der Waals surface area contributed by atoms with Crippen LogP contribution in [0, 0.1) is 5.82 Å². The molecule has 0 unspecified atom stereocenters. The van der Waals surface area contributed by atoms with Gasteiger partial charge in [0.1, 0.15) is 5.82 Å². The third-order valence-corrected chi connectivity index (χ3v) is 2.43. The van der Waals surface area contributed by atoms with Crippen LogP contribution in [0.1, 0.15) is 12.5 Å². The lowest BCUT2D eigenvalue weighted by Crippen LogP contribution is -2.29. The quantitative estimate of drug-likeness (QED) is 0.307. The summed E-state index contributed by atoms with van der Waals surface area (Å²) >= 11 is 0. The van der Waals surface area contributed by atoms with Crippen molar-refractivity contribution in [2.24, 2.45) is 10.9 Å². The van der Waals surface area contributed by atoms with Crippen LogP contribution in [0.15, 0.2) is 23.4 Å². The number of likely N-dealkylation sites (N-methyl/N-ethyl adjacent to an activating group) is 1. The van der Waals surface area contributed by atoms with Crippen LogP contribution >= 0.6 is 0 Å². The lowest BCUT2D eigenvalue weighted by Gasteiger charge is -2.24. The number of rotatable bonds is 5. The van der Waals surface area contributed by atoms with E-state index in [1.807, 2.05) is 11.8 Å². The smallest absolute Gasteiger partial charge is 0.172 e. The van der Waals surface area contributed by atoms with Crippen molar-refractivity contribution in [3.05, 3.63) is 29.6 Å². The third-order valence-electron chi connectivity index (χ3n) is 2.43. The van der Waals surface area contributed by atoms with Gasteiger partial charge < -0.3 is 20.9 Å². The number of aliphatic hydroxyl groups is 1. The van der Waals surface area contributed by atoms with Gasteiger partial charge in [0.05, 0.1) is 6.61 Å². The fraction of sp³-hybridized carbons (Fsp3) is 0.364. The SMILES string of the molecule is CCN(CCO)c1ccc(F)cc1C(N)=NO. The van der Waals surface area contributed by atoms with Gasteiger partial charge >= 0.3 is 0 Å². The highest BCUT2D eigenvalue weighted by atomic mass is 19.1. The van der Waals surface area contributed by atoms with E-state index in [4.69, 9.17) is 16.0 Å². The van der Waals surface area contributed by atoms with Crippen molar-refractivity contribution in [3.8, 4) is 0 Å². The van der Waals surface area contributed by atoms with Gasteiger partial charge in [0.15, 0.2) is 5.84 Å². The summed E-state index contributed by atoms with van der Waals surface area (Å²) in [7, 11) is 0. The second kappa shape index (κ2) is 6.05. The van der Waals surface area contributed by atoms with E-state index in [0.717, 1.165) is 0 Å². The highest BCUT2D eigenvalue weighted by molar-refractivity contribution is 6.02. The molecule has 0 aliphatic heterocycles. The Morgan fingerprint density at radius 1 is 1.53 bits per heavy atom. The predicted octanol–water partition coefficient (Wildman–Crippen LogP) is 0.739. The number of aliphatic hydroxyl groups excluding tert-OH is 1. The summed E-state index contributed by atoms with van der Waals surface area (Å²) in [6.45, 7) is 2.89. The normalized spacial score (nSPS) is 11.6. The molecule has 1 rings (SSSR count). The fourth-order valence-electron chi connectivity index (χ4n) is 1.61. The topological polar surface area (TPSA) is 82.1 Å². The van der Waals surface area contributed by atoms with Crippen molar-refractivity contribution in [1.29, 1.82) is 0 Å². The zero-order chi connectivity index (χ0) is 12.8. The zero-order valence-corrected chi connectivity index (χ0v) is 9.60. The van der Waals surface area contributed by atoms with E-state index in [-0.39, 0.29) is 12.4 Å². The Bertz CT molecular complexity index is 410. The molecule has 0 saturated carbocycles. The molecule has 94 valence electrons. The summed E-state index contributed by atoms with van der Waals surface area (Å²) < 4.78 is 13.1. The van der Waals surface area contributed by atoms with Crippen molar-refractivity contribution in [1.82, 2.24) is 0 Å². The number of halogens is 1. The number of benzene rings is 1. The second-order valence-electron chi connectivity index (χ2n) is 3.45. The lowest BCUT2D eigenvalue weighted by molar-refractivity contribution is 0.302. The van der Waals surface area contributed by atoms with Crippen molar-refractivity contribution in [2.45, 2.75) is 6.92 Å². The van der Waals surface area contributed by atoms with Gasteiger partial charge in [0.2, 0.25) is 0 Å². The van der Waals surface area contributed by atoms with Gasteiger partial charge in [-0.05, 0) is 25.1 Å². The van der Waals surface area contributed by atoms with Crippen LogP contribution < -0.4 is 10.6 Å². The monoisotopic (exact) mass is 241 g/mol. The number of amidine groups is 1. The Labute approximate surface area is 99.0 Å². The predicted molar refractivity (Wildman–Crippen MR) is 63.9 cm³/mol. The first kappa shape index (κ1) is 13.2. The average Bonchev–Trinajstić information content (AvgIpc) is 2.35. The Balaban J connectivity index is 3.21. The van der Waals surface area contributed by atoms with Gasteiger partial charge in [-0.15, -0.1) is 0 Å². The number of anilines is 1. The average molecular weight is 241 g/mol. The minimum Gasteiger partial charge on any atom is -0.409 e. The molecule has 0 spiro atoms. The summed E-state index contributed by atoms with van der Waals surface area (Å²) in [5, 5.41) is 20.5. The van der Waals surface area contributed by atoms with E-state index >= 15 is 0 Å². The van der Waals surface area contributed by atoms with Crippen molar-refractivity contribution < 1.29 is 14.7 Å². The first-order valence-corrected chi connectivity index (χ1v) is 5.27. The molecule has 6 heteroatoms. The third kappa shape index (κ3) is 3.07. The maximum atomic E-state index is 13.1. The molecule has 4 N–H and O–H groups in total. The molecule has 0 bridgehead atoms. The van der Waals surface area contributed by atoms with Crippen molar-refractivity contribution in [3.63, 3.8) is 0 Å². The molecular formula is C11H16FN3O2. The molecule has 1 aromatic rings. The number of nitrogens with two attached hydrogens (primary N) is 1. The molecule has 0 aliphatic carbocycles. The van der Waals surface area contributed by atoms with E-state index in [1.165, 1.54) is 12.1 Å². The van der Waals surface area contributed by atoms with Crippen molar-refractivity contribution >= 4 is 11.5 Å². The molecule has 5 nitrogen and oxygen atoms in total. The molecule has 0 aromatic heterocycles. The Kier molecular flexibility index (Phi) is 4.71. The minimum atomic E-state index is -0.463. The molecular weight excluding hydrogens is 225 g/mol. The number of oxime groups is 1. The summed E-state index contributed by atoms with van der Waals surface area (Å²) in [4.78, 5) is 1.81. The van der Waals surface area contributed by atoms with Crippen molar-refractivity contribution in [2.75, 3.05) is 24.6 Å². The Morgan fingerprint density at radius 3 is 2.76 bits per heavy atom. The zero-order valence-electron chi connectivity index (χ0n) is 9.60. The molecule has 17 heavy (non-hydrogen) atoms. The minimum absolute atomic E-state index is 0.0270. The molecule has 0 fully saturated rings. The molecule has 0 atom stereocenters. The summed E-state index contributed by atoms with van der Waals surface area (Å²) in [5.41, 5.74) is 6.43. The second-order valence-corrected chi connectivity index (χ2v) is 3.45. The number of hydrogen-bond acceptors (Lipinski definition) is 4. The van der Waals surface area contributed by atoms with Gasteiger partial charge in [0, 0.05) is 24.3 Å². The van der Waals surface area contributed by atoms with Crippen LogP contribution in [0.3, 0.4) is 0 Å². The van der Waals surface area contributed by atoms with Gasteiger partial charge in [-0.1, -0.05) is 5.16 Å². The maximum Gasteiger partial charge on any atom is 0.172 e. The van der Waals surface area contributed by atoms with E-state index in [9.17, 15) is 4.39 Å². The van der Waals surface area contributed by atoms with E-state index in [1.54, 1.807) is 6.07 Å². The van der Waals surface area contributed by atoms with Gasteiger partial charge in [-0.3, -0.25) is 0 Å². The lowest BCUT2D eigenvalue weighted by atomic mass is 10.1. The molecule has 0 heterocycles. The Hall–Kier alpha value is -1.82. The van der Waals surface area contributed by atoms with E-state index in [0.29, 0.717) is 24.3 Å². The fourth-order valence-corrected chi connectivity index (χ4v) is 1.61. The van der Waals surface area contributed by atoms with Crippen LogP contribution in [0.2, 0.25) is 0 Å². The molecule has 0 amide bonds. The van der Waals surface area contributed by atoms with Crippen LogP contribution in [-0.2, 0) is 0 Å². The van der Waals surface area contributed by atoms with Crippen LogP contribution in [0.4, 0.5) is 10.1 Å². The van der Waals surface area contributed by atoms with Gasteiger partial charge in [0.25, 0.3) is 0 Å². The Morgan fingerprint density at radius 2 is 2.24 bits per heavy atom. The van der Waals surface area contributed by atoms with Crippen LogP contribution in [0.5, 0.6) is 0 Å². The standard InChI is InChI=1S/C11H16FN3O2/c1-2-15(5-6-16)10-4-3-8(12)7-9(10)11(13)14-17/h3-4,7,16-17H,2,5-6H2,1H3,(H2,13,14). The van der Waals surface area contributed by atoms with Gasteiger partial charge in [-0.2, -0.15) is 0 Å². The highest BCUT2D eigenvalue weighted by Gasteiger charge is 2.13. The number of nitrogens with zero attached hydrogens (tertiary/aromatic N) is 2. The van der Waals surface area contributed by atoms with Crippen LogP contribution in [0.25, 0.3) is 0 Å². The first-order valence-electron chi connectivity index (χ1n) is 5.27. The maximum absolute atomic E-state index is 13.1.